The predicted molar refractivity (Wildman–Crippen MR) is 99.6 cm³/mol. The van der Waals surface area contributed by atoms with Crippen LogP contribution in [0, 0.1) is 0 Å². The third-order valence-corrected chi connectivity index (χ3v) is 4.23. The van der Waals surface area contributed by atoms with Crippen LogP contribution in [0.3, 0.4) is 0 Å². The van der Waals surface area contributed by atoms with Crippen molar-refractivity contribution < 1.29 is 17.2 Å². The summed E-state index contributed by atoms with van der Waals surface area (Å²) in [5, 5.41) is 9.00. The minimum Gasteiger partial charge on any atom is -0.233 e. The standard InChI is InChI=1S/C17H17F2N3O2S.CH4/c1-3-5-12(6-4-2)16-11-15(17(18)19)21-22(16)13-7-9-14(10-8-13)25(20,23)24;/h3-11,17H,1H2,2H3,(H2,20,23,24);1H4/b6-4-,12-5+;. The minimum atomic E-state index is -3.84. The molecule has 1 aromatic carbocycles. The Labute approximate surface area is 152 Å². The Hall–Kier alpha value is -2.58. The van der Waals surface area contributed by atoms with E-state index in [4.69, 9.17) is 5.14 Å². The molecule has 1 heterocycles. The van der Waals surface area contributed by atoms with Gasteiger partial charge < -0.3 is 0 Å². The van der Waals surface area contributed by atoms with Gasteiger partial charge in [-0.2, -0.15) is 5.10 Å². The number of rotatable bonds is 6. The number of benzene rings is 1. The monoisotopic (exact) mass is 381 g/mol. The van der Waals surface area contributed by atoms with E-state index in [2.05, 4.69) is 11.7 Å². The van der Waals surface area contributed by atoms with Crippen molar-refractivity contribution in [2.75, 3.05) is 0 Å². The van der Waals surface area contributed by atoms with E-state index in [1.807, 2.05) is 0 Å². The maximum Gasteiger partial charge on any atom is 0.282 e. The molecular weight excluding hydrogens is 360 g/mol. The molecule has 0 atom stereocenters. The van der Waals surface area contributed by atoms with Crippen molar-refractivity contribution in [1.29, 1.82) is 0 Å². The van der Waals surface area contributed by atoms with E-state index < -0.39 is 16.4 Å². The summed E-state index contributed by atoms with van der Waals surface area (Å²) in [5.74, 6) is 0. The molecule has 2 aromatic rings. The van der Waals surface area contributed by atoms with Gasteiger partial charge in [0.1, 0.15) is 5.69 Å². The number of hydrogen-bond donors (Lipinski definition) is 1. The van der Waals surface area contributed by atoms with Crippen LogP contribution < -0.4 is 5.14 Å². The van der Waals surface area contributed by atoms with Gasteiger partial charge in [-0.15, -0.1) is 0 Å². The summed E-state index contributed by atoms with van der Waals surface area (Å²) in [6, 6.07) is 6.78. The first-order chi connectivity index (χ1) is 11.8. The number of alkyl halides is 2. The van der Waals surface area contributed by atoms with Gasteiger partial charge in [0.15, 0.2) is 0 Å². The molecule has 0 unspecified atom stereocenters. The molecule has 8 heteroatoms. The third-order valence-electron chi connectivity index (χ3n) is 3.30. The van der Waals surface area contributed by atoms with Crippen molar-refractivity contribution in [2.45, 2.75) is 25.7 Å². The van der Waals surface area contributed by atoms with Crippen LogP contribution in [0.2, 0.25) is 0 Å². The number of allylic oxidation sites excluding steroid dienone is 5. The summed E-state index contributed by atoms with van der Waals surface area (Å²) >= 11 is 0. The summed E-state index contributed by atoms with van der Waals surface area (Å²) in [6.45, 7) is 5.42. The van der Waals surface area contributed by atoms with Gasteiger partial charge >= 0.3 is 0 Å². The number of nitrogens with zero attached hydrogens (tertiary/aromatic N) is 2. The Morgan fingerprint density at radius 3 is 2.38 bits per heavy atom. The molecule has 0 radical (unpaired) electrons. The number of nitrogens with two attached hydrogens (primary N) is 1. The van der Waals surface area contributed by atoms with E-state index in [1.165, 1.54) is 35.0 Å². The molecule has 0 saturated carbocycles. The quantitative estimate of drug-likeness (QED) is 0.760. The van der Waals surface area contributed by atoms with Crippen LogP contribution in [-0.2, 0) is 10.0 Å². The molecule has 0 aliphatic carbocycles. The fraction of sp³-hybridized carbons (Fsp3) is 0.167. The van der Waals surface area contributed by atoms with Crippen molar-refractivity contribution in [3.8, 4) is 5.69 Å². The van der Waals surface area contributed by atoms with E-state index in [0.717, 1.165) is 0 Å². The molecule has 1 aromatic heterocycles. The summed E-state index contributed by atoms with van der Waals surface area (Å²) in [5.41, 5.74) is 1.10. The van der Waals surface area contributed by atoms with Gasteiger partial charge in [-0.05, 0) is 42.8 Å². The molecular formula is C18H21F2N3O2S. The van der Waals surface area contributed by atoms with Crippen LogP contribution >= 0.6 is 0 Å². The summed E-state index contributed by atoms with van der Waals surface area (Å²) in [4.78, 5) is -0.0747. The molecule has 0 saturated heterocycles. The van der Waals surface area contributed by atoms with Gasteiger partial charge in [0, 0.05) is 0 Å². The lowest BCUT2D eigenvalue weighted by Gasteiger charge is -2.09. The zero-order chi connectivity index (χ0) is 18.6. The Bertz CT molecular complexity index is 928. The highest BCUT2D eigenvalue weighted by atomic mass is 32.2. The first kappa shape index (κ1) is 21.5. The largest absolute Gasteiger partial charge is 0.282 e. The average molecular weight is 381 g/mol. The second-order valence-electron chi connectivity index (χ2n) is 5.06. The molecule has 140 valence electrons. The summed E-state index contributed by atoms with van der Waals surface area (Å²) < 4.78 is 50.2. The normalized spacial score (nSPS) is 12.4. The van der Waals surface area contributed by atoms with Gasteiger partial charge in [0.05, 0.1) is 16.3 Å². The van der Waals surface area contributed by atoms with Crippen molar-refractivity contribution in [2.24, 2.45) is 5.14 Å². The lowest BCUT2D eigenvalue weighted by molar-refractivity contribution is 0.145. The van der Waals surface area contributed by atoms with E-state index in [0.29, 0.717) is 17.0 Å². The molecule has 0 fully saturated rings. The lowest BCUT2D eigenvalue weighted by atomic mass is 10.1. The van der Waals surface area contributed by atoms with Crippen LogP contribution in [0.4, 0.5) is 8.78 Å². The summed E-state index contributed by atoms with van der Waals surface area (Å²) in [6.07, 6.45) is 3.97. The van der Waals surface area contributed by atoms with Crippen molar-refractivity contribution in [1.82, 2.24) is 9.78 Å². The zero-order valence-electron chi connectivity index (χ0n) is 13.4. The number of hydrogen-bond acceptors (Lipinski definition) is 3. The van der Waals surface area contributed by atoms with E-state index in [1.54, 1.807) is 31.2 Å². The van der Waals surface area contributed by atoms with Gasteiger partial charge in [-0.1, -0.05) is 38.3 Å². The predicted octanol–water partition coefficient (Wildman–Crippen LogP) is 4.24. The van der Waals surface area contributed by atoms with Gasteiger partial charge in [-0.3, -0.25) is 0 Å². The highest BCUT2D eigenvalue weighted by Crippen LogP contribution is 2.26. The highest BCUT2D eigenvalue weighted by Gasteiger charge is 2.18. The first-order valence-electron chi connectivity index (χ1n) is 7.25. The smallest absolute Gasteiger partial charge is 0.233 e. The van der Waals surface area contributed by atoms with Crippen molar-refractivity contribution in [3.05, 3.63) is 72.6 Å². The zero-order valence-corrected chi connectivity index (χ0v) is 14.2. The van der Waals surface area contributed by atoms with Crippen LogP contribution in [0.25, 0.3) is 11.3 Å². The molecule has 2 N–H and O–H groups in total. The molecule has 0 amide bonds. The molecule has 5 nitrogen and oxygen atoms in total. The fourth-order valence-corrected chi connectivity index (χ4v) is 2.73. The second kappa shape index (κ2) is 8.68. The molecule has 0 aliphatic rings. The van der Waals surface area contributed by atoms with Crippen LogP contribution in [0.1, 0.15) is 32.2 Å². The molecule has 2 rings (SSSR count). The van der Waals surface area contributed by atoms with Crippen LogP contribution in [-0.4, -0.2) is 18.2 Å². The van der Waals surface area contributed by atoms with E-state index >= 15 is 0 Å². The lowest BCUT2D eigenvalue weighted by Crippen LogP contribution is -2.12. The maximum absolute atomic E-state index is 13.1. The van der Waals surface area contributed by atoms with E-state index in [-0.39, 0.29) is 18.0 Å². The number of aromatic nitrogens is 2. The topological polar surface area (TPSA) is 78.0 Å². The van der Waals surface area contributed by atoms with Gasteiger partial charge in [0.2, 0.25) is 10.0 Å². The highest BCUT2D eigenvalue weighted by molar-refractivity contribution is 7.89. The molecule has 26 heavy (non-hydrogen) atoms. The Kier molecular flexibility index (Phi) is 7.17. The molecule has 0 aliphatic heterocycles. The molecule has 0 bridgehead atoms. The number of sulfonamides is 1. The van der Waals surface area contributed by atoms with E-state index in [9.17, 15) is 17.2 Å². The summed E-state index contributed by atoms with van der Waals surface area (Å²) in [7, 11) is -3.84. The average Bonchev–Trinajstić information content (AvgIpc) is 2.99. The van der Waals surface area contributed by atoms with Crippen molar-refractivity contribution >= 4 is 15.6 Å². The van der Waals surface area contributed by atoms with Gasteiger partial charge in [0.25, 0.3) is 6.43 Å². The number of halogens is 2. The first-order valence-corrected chi connectivity index (χ1v) is 8.79. The SMILES string of the molecule is C.C=C/C=C(\C=C/C)c1cc(C(F)F)nn1-c1ccc(S(N)(=O)=O)cc1. The Balaban J connectivity index is 0.00000338. The fourth-order valence-electron chi connectivity index (χ4n) is 2.22. The number of primary sulfonamides is 1. The second-order valence-corrected chi connectivity index (χ2v) is 6.62. The third kappa shape index (κ3) is 4.74. The molecule has 0 spiro atoms. The van der Waals surface area contributed by atoms with Gasteiger partial charge in [-0.25, -0.2) is 27.0 Å². The minimum absolute atomic E-state index is 0. The van der Waals surface area contributed by atoms with Crippen molar-refractivity contribution in [3.63, 3.8) is 0 Å². The van der Waals surface area contributed by atoms with Crippen LogP contribution in [0.15, 0.2) is 66.1 Å². The van der Waals surface area contributed by atoms with Crippen LogP contribution in [0.5, 0.6) is 0 Å². The Morgan fingerprint density at radius 2 is 1.92 bits per heavy atom. The maximum atomic E-state index is 13.1. The Morgan fingerprint density at radius 1 is 1.31 bits per heavy atom.